The van der Waals surface area contributed by atoms with Gasteiger partial charge >= 0.3 is 0 Å². The van der Waals surface area contributed by atoms with Crippen molar-refractivity contribution in [3.63, 3.8) is 0 Å². The Morgan fingerprint density at radius 3 is 2.64 bits per heavy atom. The molecule has 2 aliphatic rings. The smallest absolute Gasteiger partial charge is 0.256 e. The second-order valence-corrected chi connectivity index (χ2v) is 7.35. The molecule has 1 saturated heterocycles. The molecule has 1 atom stereocenters. The molecule has 25 heavy (non-hydrogen) atoms. The van der Waals surface area contributed by atoms with Gasteiger partial charge in [-0.15, -0.1) is 0 Å². The van der Waals surface area contributed by atoms with Crippen LogP contribution in [0.25, 0.3) is 10.9 Å². The van der Waals surface area contributed by atoms with Gasteiger partial charge in [-0.2, -0.15) is 0 Å². The summed E-state index contributed by atoms with van der Waals surface area (Å²) in [5, 5.41) is 10.8. The number of nitrogens with zero attached hydrogens (tertiary/aromatic N) is 2. The number of ether oxygens (including phenoxy) is 1. The number of carbonyl (C=O) groups is 1. The zero-order chi connectivity index (χ0) is 17.6. The Balaban J connectivity index is 1.86. The van der Waals surface area contributed by atoms with Crippen LogP contribution >= 0.6 is 0 Å². The van der Waals surface area contributed by atoms with Crippen LogP contribution in [0.4, 0.5) is 0 Å². The molecule has 134 valence electrons. The molecule has 1 aliphatic carbocycles. The first kappa shape index (κ1) is 16.5. The number of aliphatic hydroxyl groups excluding tert-OH is 1. The average Bonchev–Trinajstić information content (AvgIpc) is 3.32. The number of carbonyl (C=O) groups excluding carboxylic acids is 1. The lowest BCUT2D eigenvalue weighted by atomic mass is 10.1. The number of benzene rings is 1. The summed E-state index contributed by atoms with van der Waals surface area (Å²) in [6, 6.07) is 6.51. The van der Waals surface area contributed by atoms with Gasteiger partial charge in [0.05, 0.1) is 18.8 Å². The fourth-order valence-electron chi connectivity index (χ4n) is 4.54. The molecule has 1 aromatic heterocycles. The SMILES string of the molecule is COc1ccc2c(c1)c(C(=O)N1CC[C@H](O)C1)c(C)n2C1CCCC1. The normalized spacial score (nSPS) is 21.4. The maximum absolute atomic E-state index is 13.2. The van der Waals surface area contributed by atoms with Crippen LogP contribution in [0.1, 0.15) is 54.2 Å². The lowest BCUT2D eigenvalue weighted by molar-refractivity contribution is 0.0766. The lowest BCUT2D eigenvalue weighted by Gasteiger charge is -2.18. The zero-order valence-electron chi connectivity index (χ0n) is 15.0. The fourth-order valence-corrected chi connectivity index (χ4v) is 4.54. The van der Waals surface area contributed by atoms with Crippen molar-refractivity contribution in [3.8, 4) is 5.75 Å². The van der Waals surface area contributed by atoms with Crippen LogP contribution in [-0.4, -0.2) is 46.8 Å². The van der Waals surface area contributed by atoms with Gasteiger partial charge in [-0.05, 0) is 44.4 Å². The standard InChI is InChI=1S/C20H26N2O3/c1-13-19(20(24)21-10-9-15(23)12-21)17-11-16(25-2)7-8-18(17)22(13)14-5-3-4-6-14/h7-8,11,14-15,23H,3-6,9-10,12H2,1-2H3/t15-/m0/s1. The van der Waals surface area contributed by atoms with E-state index in [-0.39, 0.29) is 5.91 Å². The van der Waals surface area contributed by atoms with E-state index in [0.29, 0.717) is 25.6 Å². The van der Waals surface area contributed by atoms with Crippen LogP contribution in [0.3, 0.4) is 0 Å². The van der Waals surface area contributed by atoms with E-state index in [1.807, 2.05) is 12.1 Å². The fraction of sp³-hybridized carbons (Fsp3) is 0.550. The van der Waals surface area contributed by atoms with Crippen molar-refractivity contribution < 1.29 is 14.6 Å². The van der Waals surface area contributed by atoms with Crippen molar-refractivity contribution in [2.45, 2.75) is 51.2 Å². The van der Waals surface area contributed by atoms with Crippen LogP contribution in [0, 0.1) is 6.92 Å². The highest BCUT2D eigenvalue weighted by Crippen LogP contribution is 2.38. The molecule has 1 amide bonds. The number of β-amino-alcohol motifs (C(OH)–C–C–N with tert-alkyl or cyclic N) is 1. The number of hydrogen-bond donors (Lipinski definition) is 1. The maximum Gasteiger partial charge on any atom is 0.256 e. The molecule has 0 radical (unpaired) electrons. The summed E-state index contributed by atoms with van der Waals surface area (Å²) in [6.45, 7) is 3.11. The van der Waals surface area contributed by atoms with Crippen molar-refractivity contribution >= 4 is 16.8 Å². The first-order chi connectivity index (χ1) is 12.1. The Bertz CT molecular complexity index is 805. The van der Waals surface area contributed by atoms with Gasteiger partial charge in [-0.25, -0.2) is 0 Å². The Hall–Kier alpha value is -2.01. The summed E-state index contributed by atoms with van der Waals surface area (Å²) >= 11 is 0. The number of methoxy groups -OCH3 is 1. The van der Waals surface area contributed by atoms with Crippen LogP contribution in [0.2, 0.25) is 0 Å². The second-order valence-electron chi connectivity index (χ2n) is 7.35. The first-order valence-electron chi connectivity index (χ1n) is 9.26. The molecule has 5 heteroatoms. The topological polar surface area (TPSA) is 54.7 Å². The third kappa shape index (κ3) is 2.71. The second kappa shape index (κ2) is 6.37. The largest absolute Gasteiger partial charge is 0.497 e. The molecular formula is C20H26N2O3. The Morgan fingerprint density at radius 2 is 2.00 bits per heavy atom. The predicted octanol–water partition coefficient (Wildman–Crippen LogP) is 3.28. The minimum absolute atomic E-state index is 0.0315. The van der Waals surface area contributed by atoms with E-state index in [1.54, 1.807) is 12.0 Å². The third-order valence-electron chi connectivity index (χ3n) is 5.81. The van der Waals surface area contributed by atoms with Crippen molar-refractivity contribution in [2.24, 2.45) is 0 Å². The Labute approximate surface area is 148 Å². The van der Waals surface area contributed by atoms with Gasteiger partial charge in [-0.1, -0.05) is 12.8 Å². The predicted molar refractivity (Wildman–Crippen MR) is 97.3 cm³/mol. The number of aromatic nitrogens is 1. The van der Waals surface area contributed by atoms with E-state index >= 15 is 0 Å². The minimum atomic E-state index is -0.401. The first-order valence-corrected chi connectivity index (χ1v) is 9.26. The molecule has 0 spiro atoms. The number of aliphatic hydroxyl groups is 1. The molecule has 0 unspecified atom stereocenters. The van der Waals surface area contributed by atoms with Gasteiger partial charge in [0.2, 0.25) is 0 Å². The summed E-state index contributed by atoms with van der Waals surface area (Å²) in [7, 11) is 1.65. The van der Waals surface area contributed by atoms with Gasteiger partial charge in [0.25, 0.3) is 5.91 Å². The van der Waals surface area contributed by atoms with E-state index in [4.69, 9.17) is 4.74 Å². The van der Waals surface area contributed by atoms with Crippen molar-refractivity contribution in [1.82, 2.24) is 9.47 Å². The van der Waals surface area contributed by atoms with Gasteiger partial charge in [0.15, 0.2) is 0 Å². The molecule has 1 saturated carbocycles. The van der Waals surface area contributed by atoms with Crippen LogP contribution < -0.4 is 4.74 Å². The van der Waals surface area contributed by atoms with Gasteiger partial charge < -0.3 is 19.3 Å². The lowest BCUT2D eigenvalue weighted by Crippen LogP contribution is -2.30. The summed E-state index contributed by atoms with van der Waals surface area (Å²) in [5.41, 5.74) is 2.93. The molecule has 1 aliphatic heterocycles. The van der Waals surface area contributed by atoms with Gasteiger partial charge in [-0.3, -0.25) is 4.79 Å². The Kier molecular flexibility index (Phi) is 4.20. The van der Waals surface area contributed by atoms with E-state index in [9.17, 15) is 9.90 Å². The number of fused-ring (bicyclic) bond motifs is 1. The van der Waals surface area contributed by atoms with E-state index < -0.39 is 6.10 Å². The van der Waals surface area contributed by atoms with Crippen molar-refractivity contribution in [2.75, 3.05) is 20.2 Å². The van der Waals surface area contributed by atoms with Crippen molar-refractivity contribution in [1.29, 1.82) is 0 Å². The van der Waals surface area contributed by atoms with Crippen LogP contribution in [-0.2, 0) is 0 Å². The molecule has 2 heterocycles. The van der Waals surface area contributed by atoms with Gasteiger partial charge in [0.1, 0.15) is 5.75 Å². The number of hydrogen-bond acceptors (Lipinski definition) is 3. The maximum atomic E-state index is 13.2. The number of likely N-dealkylation sites (tertiary alicyclic amines) is 1. The highest BCUT2D eigenvalue weighted by Gasteiger charge is 2.31. The minimum Gasteiger partial charge on any atom is -0.497 e. The molecular weight excluding hydrogens is 316 g/mol. The third-order valence-corrected chi connectivity index (χ3v) is 5.81. The molecule has 4 rings (SSSR count). The zero-order valence-corrected chi connectivity index (χ0v) is 15.0. The molecule has 2 fully saturated rings. The molecule has 1 aromatic carbocycles. The summed E-state index contributed by atoms with van der Waals surface area (Å²) in [6.07, 6.45) is 5.11. The van der Waals surface area contributed by atoms with E-state index in [1.165, 1.54) is 25.7 Å². The molecule has 2 aromatic rings. The van der Waals surface area contributed by atoms with Crippen LogP contribution in [0.5, 0.6) is 5.75 Å². The highest BCUT2D eigenvalue weighted by molar-refractivity contribution is 6.09. The van der Waals surface area contributed by atoms with Crippen LogP contribution in [0.15, 0.2) is 18.2 Å². The summed E-state index contributed by atoms with van der Waals surface area (Å²) < 4.78 is 7.76. The number of rotatable bonds is 3. The molecule has 1 N–H and O–H groups in total. The number of amides is 1. The van der Waals surface area contributed by atoms with Gasteiger partial charge in [0, 0.05) is 35.7 Å². The van der Waals surface area contributed by atoms with E-state index in [2.05, 4.69) is 17.6 Å². The highest BCUT2D eigenvalue weighted by atomic mass is 16.5. The summed E-state index contributed by atoms with van der Waals surface area (Å²) in [4.78, 5) is 15.0. The summed E-state index contributed by atoms with van der Waals surface area (Å²) in [5.74, 6) is 0.802. The molecule has 0 bridgehead atoms. The average molecular weight is 342 g/mol. The monoisotopic (exact) mass is 342 g/mol. The molecule has 5 nitrogen and oxygen atoms in total. The van der Waals surface area contributed by atoms with Crippen molar-refractivity contribution in [3.05, 3.63) is 29.5 Å². The Morgan fingerprint density at radius 1 is 1.24 bits per heavy atom. The quantitative estimate of drug-likeness (QED) is 0.931. The van der Waals surface area contributed by atoms with E-state index in [0.717, 1.165) is 27.9 Å².